The summed E-state index contributed by atoms with van der Waals surface area (Å²) in [6.07, 6.45) is 0. The van der Waals surface area contributed by atoms with E-state index in [1.165, 1.54) is 31.6 Å². The smallest absolute Gasteiger partial charge is 0.255 e. The van der Waals surface area contributed by atoms with Gasteiger partial charge in [-0.05, 0) is 30.3 Å². The lowest BCUT2D eigenvalue weighted by Crippen LogP contribution is -2.13. The van der Waals surface area contributed by atoms with Crippen LogP contribution in [-0.2, 0) is 0 Å². The zero-order chi connectivity index (χ0) is 21.8. The lowest BCUT2D eigenvalue weighted by molar-refractivity contribution is 0.102. The summed E-state index contributed by atoms with van der Waals surface area (Å²) in [5, 5.41) is 5.35. The molecule has 156 valence electrons. The Morgan fingerprint density at radius 3 is 2.26 bits per heavy atom. The largest absolute Gasteiger partial charge is 0.497 e. The maximum absolute atomic E-state index is 14.1. The maximum atomic E-state index is 14.1. The molecule has 1 amide bonds. The standard InChI is InChI=1S/C24H19FN2O3S/c1-29-16-11-15(12-17(13-16)30-2)23(28)26-21-10-6-4-8-19(21)22-14-31-24(27-22)18-7-3-5-9-20(18)25/h3-14H,1-2H3,(H,26,28). The van der Waals surface area contributed by atoms with Crippen molar-refractivity contribution in [2.75, 3.05) is 19.5 Å². The first kappa shape index (κ1) is 20.6. The van der Waals surface area contributed by atoms with E-state index in [4.69, 9.17) is 9.47 Å². The molecule has 0 aliphatic rings. The first-order valence-electron chi connectivity index (χ1n) is 9.43. The number of anilines is 1. The number of nitrogens with zero attached hydrogens (tertiary/aromatic N) is 1. The highest BCUT2D eigenvalue weighted by molar-refractivity contribution is 7.13. The van der Waals surface area contributed by atoms with Crippen LogP contribution in [-0.4, -0.2) is 25.1 Å². The third kappa shape index (κ3) is 4.41. The average molecular weight is 434 g/mol. The van der Waals surface area contributed by atoms with E-state index in [0.717, 1.165) is 5.56 Å². The van der Waals surface area contributed by atoms with Crippen LogP contribution in [0.1, 0.15) is 10.4 Å². The van der Waals surface area contributed by atoms with Crippen LogP contribution in [0.5, 0.6) is 11.5 Å². The molecule has 0 aliphatic carbocycles. The lowest BCUT2D eigenvalue weighted by Gasteiger charge is -2.11. The number of hydrogen-bond donors (Lipinski definition) is 1. The summed E-state index contributed by atoms with van der Waals surface area (Å²) in [5.41, 5.74) is 2.84. The number of para-hydroxylation sites is 1. The molecule has 31 heavy (non-hydrogen) atoms. The fourth-order valence-corrected chi connectivity index (χ4v) is 3.95. The number of aromatic nitrogens is 1. The SMILES string of the molecule is COc1cc(OC)cc(C(=O)Nc2ccccc2-c2csc(-c3ccccc3F)n2)c1. The number of thiazole rings is 1. The predicted molar refractivity (Wildman–Crippen MR) is 120 cm³/mol. The van der Waals surface area contributed by atoms with Crippen molar-refractivity contribution in [3.8, 4) is 33.3 Å². The maximum Gasteiger partial charge on any atom is 0.255 e. The van der Waals surface area contributed by atoms with Gasteiger partial charge in [-0.1, -0.05) is 30.3 Å². The molecule has 1 N–H and O–H groups in total. The molecule has 0 saturated carbocycles. The van der Waals surface area contributed by atoms with Crippen molar-refractivity contribution in [1.29, 1.82) is 0 Å². The van der Waals surface area contributed by atoms with Crippen LogP contribution < -0.4 is 14.8 Å². The van der Waals surface area contributed by atoms with Gasteiger partial charge in [0.25, 0.3) is 5.91 Å². The van der Waals surface area contributed by atoms with Gasteiger partial charge in [0.05, 0.1) is 25.6 Å². The quantitative estimate of drug-likeness (QED) is 0.411. The third-order valence-corrected chi connectivity index (χ3v) is 5.55. The summed E-state index contributed by atoms with van der Waals surface area (Å²) >= 11 is 1.35. The van der Waals surface area contributed by atoms with Crippen LogP contribution in [0.2, 0.25) is 0 Å². The molecule has 5 nitrogen and oxygen atoms in total. The summed E-state index contributed by atoms with van der Waals surface area (Å²) in [6.45, 7) is 0. The number of hydrogen-bond acceptors (Lipinski definition) is 5. The number of ether oxygens (including phenoxy) is 2. The van der Waals surface area contributed by atoms with Crippen LogP contribution in [0.3, 0.4) is 0 Å². The van der Waals surface area contributed by atoms with Gasteiger partial charge in [-0.3, -0.25) is 4.79 Å². The number of carbonyl (C=O) groups is 1. The van der Waals surface area contributed by atoms with E-state index in [1.54, 1.807) is 42.5 Å². The topological polar surface area (TPSA) is 60.5 Å². The first-order chi connectivity index (χ1) is 15.1. The summed E-state index contributed by atoms with van der Waals surface area (Å²) in [7, 11) is 3.06. The number of methoxy groups -OCH3 is 2. The van der Waals surface area contributed by atoms with Gasteiger partial charge in [-0.25, -0.2) is 9.37 Å². The molecule has 4 rings (SSSR count). The minimum atomic E-state index is -0.322. The van der Waals surface area contributed by atoms with E-state index in [0.29, 0.717) is 39.0 Å². The number of carbonyl (C=O) groups excluding carboxylic acids is 1. The minimum Gasteiger partial charge on any atom is -0.497 e. The molecule has 0 radical (unpaired) electrons. The van der Waals surface area contributed by atoms with E-state index in [2.05, 4.69) is 10.3 Å². The molecule has 0 aliphatic heterocycles. The van der Waals surface area contributed by atoms with Crippen molar-refractivity contribution in [2.45, 2.75) is 0 Å². The zero-order valence-corrected chi connectivity index (χ0v) is 17.7. The normalized spacial score (nSPS) is 10.5. The van der Waals surface area contributed by atoms with Crippen molar-refractivity contribution in [3.05, 3.63) is 83.5 Å². The van der Waals surface area contributed by atoms with Crippen LogP contribution >= 0.6 is 11.3 Å². The second-order valence-corrected chi connectivity index (χ2v) is 7.48. The number of benzene rings is 3. The van der Waals surface area contributed by atoms with Gasteiger partial charge in [0, 0.05) is 28.1 Å². The Labute approximate surface area is 183 Å². The highest BCUT2D eigenvalue weighted by Gasteiger charge is 2.16. The van der Waals surface area contributed by atoms with Crippen molar-refractivity contribution >= 4 is 22.9 Å². The van der Waals surface area contributed by atoms with Crippen LogP contribution in [0.15, 0.2) is 72.1 Å². The van der Waals surface area contributed by atoms with Crippen molar-refractivity contribution in [2.24, 2.45) is 0 Å². The fourth-order valence-electron chi connectivity index (χ4n) is 3.10. The number of amides is 1. The number of halogens is 1. The summed E-state index contributed by atoms with van der Waals surface area (Å²) in [5.74, 6) is 0.407. The Kier molecular flexibility index (Phi) is 5.95. The Morgan fingerprint density at radius 1 is 0.935 bits per heavy atom. The van der Waals surface area contributed by atoms with Gasteiger partial charge in [-0.2, -0.15) is 0 Å². The third-order valence-electron chi connectivity index (χ3n) is 4.67. The van der Waals surface area contributed by atoms with E-state index in [1.807, 2.05) is 23.6 Å². The molecule has 3 aromatic carbocycles. The fraction of sp³-hybridized carbons (Fsp3) is 0.0833. The molecule has 7 heteroatoms. The van der Waals surface area contributed by atoms with Gasteiger partial charge in [0.1, 0.15) is 22.3 Å². The summed E-state index contributed by atoms with van der Waals surface area (Å²) in [4.78, 5) is 17.5. The molecule has 0 spiro atoms. The van der Waals surface area contributed by atoms with E-state index in [-0.39, 0.29) is 11.7 Å². The molecule has 0 fully saturated rings. The number of rotatable bonds is 6. The first-order valence-corrected chi connectivity index (χ1v) is 10.3. The number of nitrogens with one attached hydrogen (secondary N) is 1. The van der Waals surface area contributed by atoms with Gasteiger partial charge in [0.15, 0.2) is 0 Å². The molecule has 1 heterocycles. The van der Waals surface area contributed by atoms with Crippen LogP contribution in [0.4, 0.5) is 10.1 Å². The Balaban J connectivity index is 1.65. The highest BCUT2D eigenvalue weighted by atomic mass is 32.1. The minimum absolute atomic E-state index is 0.311. The summed E-state index contributed by atoms with van der Waals surface area (Å²) in [6, 6.07) is 18.9. The molecular formula is C24H19FN2O3S. The van der Waals surface area contributed by atoms with Crippen LogP contribution in [0, 0.1) is 5.82 Å². The van der Waals surface area contributed by atoms with Crippen molar-refractivity contribution in [3.63, 3.8) is 0 Å². The highest BCUT2D eigenvalue weighted by Crippen LogP contribution is 2.34. The van der Waals surface area contributed by atoms with Gasteiger partial charge in [0.2, 0.25) is 0 Å². The van der Waals surface area contributed by atoms with E-state index in [9.17, 15) is 9.18 Å². The average Bonchev–Trinajstić information content (AvgIpc) is 3.29. The monoisotopic (exact) mass is 434 g/mol. The Morgan fingerprint density at radius 2 is 1.58 bits per heavy atom. The molecule has 0 unspecified atom stereocenters. The summed E-state index contributed by atoms with van der Waals surface area (Å²) < 4.78 is 24.6. The van der Waals surface area contributed by atoms with Crippen molar-refractivity contribution in [1.82, 2.24) is 4.98 Å². The molecule has 0 bridgehead atoms. The van der Waals surface area contributed by atoms with E-state index < -0.39 is 0 Å². The second-order valence-electron chi connectivity index (χ2n) is 6.62. The zero-order valence-electron chi connectivity index (χ0n) is 16.9. The molecule has 1 aromatic heterocycles. The molecule has 0 saturated heterocycles. The van der Waals surface area contributed by atoms with E-state index >= 15 is 0 Å². The lowest BCUT2D eigenvalue weighted by atomic mass is 10.1. The molecule has 4 aromatic rings. The predicted octanol–water partition coefficient (Wildman–Crippen LogP) is 5.89. The Hall–Kier alpha value is -3.71. The van der Waals surface area contributed by atoms with Crippen LogP contribution in [0.25, 0.3) is 21.8 Å². The molecule has 0 atom stereocenters. The Bertz CT molecular complexity index is 1220. The van der Waals surface area contributed by atoms with Gasteiger partial charge >= 0.3 is 0 Å². The van der Waals surface area contributed by atoms with Crippen molar-refractivity contribution < 1.29 is 18.7 Å². The molecular weight excluding hydrogens is 415 g/mol. The second kappa shape index (κ2) is 8.97. The van der Waals surface area contributed by atoms with Gasteiger partial charge < -0.3 is 14.8 Å². The van der Waals surface area contributed by atoms with Gasteiger partial charge in [-0.15, -0.1) is 11.3 Å².